The average Bonchev–Trinajstić information content (AvgIpc) is 3.16. The number of methoxy groups -OCH3 is 1. The van der Waals surface area contributed by atoms with Crippen LogP contribution in [0.15, 0.2) is 52.0 Å². The molecule has 30 heavy (non-hydrogen) atoms. The van der Waals surface area contributed by atoms with E-state index in [1.165, 1.54) is 25.5 Å². The number of aryl methyl sites for hydroxylation is 1. The number of anilines is 1. The third kappa shape index (κ3) is 4.85. The highest BCUT2D eigenvalue weighted by molar-refractivity contribution is 5.78. The molecule has 0 fully saturated rings. The van der Waals surface area contributed by atoms with E-state index < -0.39 is 11.7 Å². The van der Waals surface area contributed by atoms with Crippen molar-refractivity contribution in [2.24, 2.45) is 5.10 Å². The highest BCUT2D eigenvalue weighted by atomic mass is 19.4. The second-order valence-corrected chi connectivity index (χ2v) is 6.34. The molecule has 0 amide bonds. The van der Waals surface area contributed by atoms with Crippen LogP contribution in [-0.2, 0) is 17.5 Å². The zero-order valence-electron chi connectivity index (χ0n) is 16.1. The van der Waals surface area contributed by atoms with Crippen LogP contribution in [0.5, 0.6) is 0 Å². The molecule has 0 radical (unpaired) electrons. The van der Waals surface area contributed by atoms with Gasteiger partial charge in [-0.25, -0.2) is 4.98 Å². The van der Waals surface area contributed by atoms with Gasteiger partial charge in [0, 0.05) is 23.9 Å². The maximum absolute atomic E-state index is 12.9. The van der Waals surface area contributed by atoms with E-state index in [1.807, 2.05) is 0 Å². The highest BCUT2D eigenvalue weighted by Crippen LogP contribution is 2.32. The molecule has 3 aromatic rings. The van der Waals surface area contributed by atoms with Crippen molar-refractivity contribution >= 4 is 12.0 Å². The quantitative estimate of drug-likeness (QED) is 0.446. The van der Waals surface area contributed by atoms with Gasteiger partial charge in [-0.05, 0) is 37.3 Å². The van der Waals surface area contributed by atoms with Gasteiger partial charge in [0.15, 0.2) is 5.82 Å². The molecule has 0 saturated heterocycles. The van der Waals surface area contributed by atoms with E-state index in [-0.39, 0.29) is 18.2 Å². The van der Waals surface area contributed by atoms with Gasteiger partial charge in [0.05, 0.1) is 18.4 Å². The molecule has 9 heteroatoms. The summed E-state index contributed by atoms with van der Waals surface area (Å²) >= 11 is 0. The molecule has 1 N–H and O–H groups in total. The van der Waals surface area contributed by atoms with Gasteiger partial charge in [-0.3, -0.25) is 5.43 Å². The molecule has 1 aromatic carbocycles. The van der Waals surface area contributed by atoms with Crippen molar-refractivity contribution in [3.05, 3.63) is 70.6 Å². The van der Waals surface area contributed by atoms with Crippen LogP contribution in [-0.4, -0.2) is 18.3 Å². The van der Waals surface area contributed by atoms with Crippen LogP contribution in [0.3, 0.4) is 0 Å². The van der Waals surface area contributed by atoms with Crippen LogP contribution in [0.4, 0.5) is 19.0 Å². The largest absolute Gasteiger partial charge is 0.455 e. The van der Waals surface area contributed by atoms with Gasteiger partial charge in [0.2, 0.25) is 0 Å². The average molecular weight is 414 g/mol. The predicted molar refractivity (Wildman–Crippen MR) is 105 cm³/mol. The Morgan fingerprint density at radius 2 is 2.07 bits per heavy atom. The molecular weight excluding hydrogens is 397 g/mol. The van der Waals surface area contributed by atoms with Gasteiger partial charge in [-0.2, -0.15) is 23.5 Å². The van der Waals surface area contributed by atoms with Crippen LogP contribution in [0.25, 0.3) is 11.3 Å². The lowest BCUT2D eigenvalue weighted by atomic mass is 10.1. The number of aromatic nitrogens is 1. The Kier molecular flexibility index (Phi) is 6.18. The van der Waals surface area contributed by atoms with Gasteiger partial charge in [0.1, 0.15) is 23.2 Å². The molecule has 0 aliphatic carbocycles. The minimum absolute atomic E-state index is 0.253. The van der Waals surface area contributed by atoms with Crippen molar-refractivity contribution in [3.8, 4) is 17.4 Å². The summed E-state index contributed by atoms with van der Waals surface area (Å²) < 4.78 is 49.3. The molecule has 0 spiro atoms. The number of furan rings is 1. The van der Waals surface area contributed by atoms with E-state index in [0.29, 0.717) is 28.1 Å². The summed E-state index contributed by atoms with van der Waals surface area (Å²) in [6, 6.07) is 11.8. The Hall–Kier alpha value is -3.64. The minimum Gasteiger partial charge on any atom is -0.455 e. The maximum Gasteiger partial charge on any atom is 0.416 e. The number of nitrogens with zero attached hydrogens (tertiary/aromatic N) is 3. The Morgan fingerprint density at radius 3 is 2.77 bits per heavy atom. The molecular formula is C21H17F3N4O2. The van der Waals surface area contributed by atoms with Gasteiger partial charge in [-0.15, -0.1) is 0 Å². The number of hydrogen-bond acceptors (Lipinski definition) is 6. The Bertz CT molecular complexity index is 1110. The van der Waals surface area contributed by atoms with Crippen LogP contribution >= 0.6 is 0 Å². The van der Waals surface area contributed by atoms with Crippen molar-refractivity contribution in [1.29, 1.82) is 5.26 Å². The minimum atomic E-state index is -4.43. The number of nitriles is 1. The van der Waals surface area contributed by atoms with Crippen LogP contribution in [0.1, 0.15) is 28.1 Å². The van der Waals surface area contributed by atoms with Crippen LogP contribution in [0, 0.1) is 18.3 Å². The van der Waals surface area contributed by atoms with Crippen molar-refractivity contribution in [3.63, 3.8) is 0 Å². The first-order valence-corrected chi connectivity index (χ1v) is 8.78. The van der Waals surface area contributed by atoms with Crippen molar-refractivity contribution < 1.29 is 22.3 Å². The number of hydrazone groups is 1. The van der Waals surface area contributed by atoms with E-state index in [1.54, 1.807) is 25.1 Å². The molecule has 2 aromatic heterocycles. The number of rotatable bonds is 6. The van der Waals surface area contributed by atoms with E-state index in [0.717, 1.165) is 12.1 Å². The van der Waals surface area contributed by atoms with Gasteiger partial charge < -0.3 is 9.15 Å². The lowest BCUT2D eigenvalue weighted by Gasteiger charge is -2.09. The van der Waals surface area contributed by atoms with E-state index >= 15 is 0 Å². The SMILES string of the molecule is COCc1cc(C)nc(N/N=C/c2ccc(-c3cccc(C(F)(F)F)c3)o2)c1C#N. The number of nitrogens with one attached hydrogen (secondary N) is 1. The second-order valence-electron chi connectivity index (χ2n) is 6.34. The standard InChI is InChI=1S/C21H17F3N4O2/c1-13-8-15(12-29-2)18(10-25)20(27-13)28-26-11-17-6-7-19(30-17)14-4-3-5-16(9-14)21(22,23)24/h3-9,11H,12H2,1-2H3,(H,27,28)/b26-11+. The number of halogens is 3. The fourth-order valence-electron chi connectivity index (χ4n) is 2.80. The summed E-state index contributed by atoms with van der Waals surface area (Å²) in [7, 11) is 1.53. The monoisotopic (exact) mass is 414 g/mol. The third-order valence-electron chi connectivity index (χ3n) is 4.10. The summed E-state index contributed by atoms with van der Waals surface area (Å²) in [5.74, 6) is 0.861. The van der Waals surface area contributed by atoms with Crippen molar-refractivity contribution in [1.82, 2.24) is 4.98 Å². The molecule has 2 heterocycles. The smallest absolute Gasteiger partial charge is 0.416 e. The van der Waals surface area contributed by atoms with E-state index in [9.17, 15) is 18.4 Å². The number of ether oxygens (including phenoxy) is 1. The van der Waals surface area contributed by atoms with E-state index in [2.05, 4.69) is 21.6 Å². The Labute approximate surface area is 170 Å². The Morgan fingerprint density at radius 1 is 1.27 bits per heavy atom. The lowest BCUT2D eigenvalue weighted by Crippen LogP contribution is -2.04. The van der Waals surface area contributed by atoms with Crippen LogP contribution in [0.2, 0.25) is 0 Å². The summed E-state index contributed by atoms with van der Waals surface area (Å²) in [5, 5.41) is 13.4. The fraction of sp³-hybridized carbons (Fsp3) is 0.190. The summed E-state index contributed by atoms with van der Waals surface area (Å²) in [4.78, 5) is 4.26. The first-order valence-electron chi connectivity index (χ1n) is 8.78. The third-order valence-corrected chi connectivity index (χ3v) is 4.10. The maximum atomic E-state index is 12.9. The second kappa shape index (κ2) is 8.80. The molecule has 0 aliphatic heterocycles. The molecule has 3 rings (SSSR count). The van der Waals surface area contributed by atoms with Crippen molar-refractivity contribution in [2.45, 2.75) is 19.7 Å². The highest BCUT2D eigenvalue weighted by Gasteiger charge is 2.30. The normalized spacial score (nSPS) is 11.6. The topological polar surface area (TPSA) is 83.4 Å². The molecule has 0 bridgehead atoms. The first-order chi connectivity index (χ1) is 14.3. The summed E-state index contributed by atoms with van der Waals surface area (Å²) in [5.41, 5.74) is 3.92. The van der Waals surface area contributed by atoms with Crippen LogP contribution < -0.4 is 5.43 Å². The zero-order chi connectivity index (χ0) is 21.7. The molecule has 154 valence electrons. The lowest BCUT2D eigenvalue weighted by molar-refractivity contribution is -0.137. The van der Waals surface area contributed by atoms with E-state index in [4.69, 9.17) is 9.15 Å². The molecule has 0 atom stereocenters. The van der Waals surface area contributed by atoms with Gasteiger partial charge >= 0.3 is 6.18 Å². The zero-order valence-corrected chi connectivity index (χ0v) is 16.1. The molecule has 0 unspecified atom stereocenters. The summed E-state index contributed by atoms with van der Waals surface area (Å²) in [6.07, 6.45) is -3.09. The number of hydrogen-bond donors (Lipinski definition) is 1. The van der Waals surface area contributed by atoms with Gasteiger partial charge in [-0.1, -0.05) is 12.1 Å². The van der Waals surface area contributed by atoms with Crippen molar-refractivity contribution in [2.75, 3.05) is 12.5 Å². The predicted octanol–water partition coefficient (Wildman–Crippen LogP) is 5.13. The Balaban J connectivity index is 1.79. The van der Waals surface area contributed by atoms with Gasteiger partial charge in [0.25, 0.3) is 0 Å². The number of benzene rings is 1. The first kappa shape index (κ1) is 21.1. The summed E-state index contributed by atoms with van der Waals surface area (Å²) in [6.45, 7) is 2.03. The molecule has 0 aliphatic rings. The molecule has 0 saturated carbocycles. The number of alkyl halides is 3. The fourth-order valence-corrected chi connectivity index (χ4v) is 2.80. The molecule has 6 nitrogen and oxygen atoms in total. The number of pyridine rings is 1.